The van der Waals surface area contributed by atoms with E-state index in [1.54, 1.807) is 293 Å². The highest BCUT2D eigenvalue weighted by Crippen LogP contribution is 2.93. The lowest BCUT2D eigenvalue weighted by Gasteiger charge is -2.60. The molecule has 0 nitrogen and oxygen atoms in total. The van der Waals surface area contributed by atoms with Crippen LogP contribution in [-0.4, -0.2) is 0 Å². The van der Waals surface area contributed by atoms with Gasteiger partial charge in [0.25, 0.3) is 0 Å². The molecule has 11 aliphatic carbocycles. The highest BCUT2D eigenvalue weighted by molar-refractivity contribution is 9.11. The second-order valence-electron chi connectivity index (χ2n) is 32.1. The van der Waals surface area contributed by atoms with E-state index in [9.17, 15) is 0 Å². The van der Waals surface area contributed by atoms with Gasteiger partial charge < -0.3 is 0 Å². The molecule has 4 atom stereocenters. The minimum absolute atomic E-state index is 0.101. The highest BCUT2D eigenvalue weighted by Gasteiger charge is 2.83. The van der Waals surface area contributed by atoms with Crippen LogP contribution in [0.25, 0.3) is 215 Å². The first-order valence-corrected chi connectivity index (χ1v) is 37.9. The second-order valence-corrected chi connectivity index (χ2v) is 36.7. The number of rotatable bonds is 5. The number of halogens is 5. The molecule has 0 amide bonds. The molecule has 26 aromatic carbocycles. The van der Waals surface area contributed by atoms with Crippen molar-refractivity contribution in [3.8, 4) is 0 Å². The maximum Gasteiger partial charge on any atom is 0.0724 e. The van der Waals surface area contributed by atoms with Gasteiger partial charge in [0.05, 0.1) is 27.1 Å². The zero-order valence-corrected chi connectivity index (χ0v) is 56.4. The van der Waals surface area contributed by atoms with Gasteiger partial charge in [0.15, 0.2) is 0 Å². The maximum atomic E-state index is 4.16. The van der Waals surface area contributed by atoms with E-state index in [4.69, 9.17) is 0 Å². The molecule has 0 aliphatic heterocycles. The minimum atomic E-state index is -0.704. The number of hydrogen-bond acceptors (Lipinski definition) is 0. The van der Waals surface area contributed by atoms with Crippen LogP contribution in [0.3, 0.4) is 0 Å². The van der Waals surface area contributed by atoms with Crippen LogP contribution in [0.2, 0.25) is 0 Å². The van der Waals surface area contributed by atoms with Crippen LogP contribution in [0.4, 0.5) is 0 Å². The third-order valence-corrected chi connectivity index (χ3v) is 33.7. The Kier molecular flexibility index (Phi) is 4.92. The van der Waals surface area contributed by atoms with Crippen molar-refractivity contribution in [1.29, 1.82) is 0 Å². The molecule has 0 saturated heterocycles. The lowest BCUT2D eigenvalue weighted by molar-refractivity contribution is 0.369. The fourth-order valence-corrected chi connectivity index (χ4v) is 31.8. The first-order chi connectivity index (χ1) is 46.8. The summed E-state index contributed by atoms with van der Waals surface area (Å²) >= 11 is 20.8. The molecule has 0 N–H and O–H groups in total. The smallest absolute Gasteiger partial charge is 0.0566 e. The Balaban J connectivity index is 1.04. The number of benzene rings is 20. The predicted molar refractivity (Wildman–Crippen MR) is 406 cm³/mol. The molecule has 4 unspecified atom stereocenters. The van der Waals surface area contributed by atoms with Gasteiger partial charge in [-0.2, -0.15) is 0 Å². The van der Waals surface area contributed by atoms with Crippen molar-refractivity contribution < 1.29 is 0 Å². The fraction of sp³-hybridized carbons (Fsp3) is 0.0667. The van der Waals surface area contributed by atoms with E-state index in [2.05, 4.69) is 201 Å². The topological polar surface area (TPSA) is 0 Å². The van der Waals surface area contributed by atoms with Crippen LogP contribution >= 0.6 is 79.6 Å². The van der Waals surface area contributed by atoms with Gasteiger partial charge in [-0.3, -0.25) is 0 Å². The molecule has 26 aromatic rings. The Morgan fingerprint density at radius 3 is 0.547 bits per heavy atom. The van der Waals surface area contributed by atoms with Crippen LogP contribution in [-0.2, 0) is 27.1 Å². The normalized spacial score (nSPS) is 26.0. The molecule has 0 radical (unpaired) electrons. The Hall–Kier alpha value is -8.52. The summed E-state index contributed by atoms with van der Waals surface area (Å²) in [6, 6.07) is 50.8. The molecule has 95 heavy (non-hydrogen) atoms. The van der Waals surface area contributed by atoms with E-state index in [-0.39, 0.29) is 5.92 Å². The van der Waals surface area contributed by atoms with Crippen molar-refractivity contribution in [2.75, 3.05) is 0 Å². The molecule has 37 rings (SSSR count). The molecule has 0 fully saturated rings. The van der Waals surface area contributed by atoms with Gasteiger partial charge >= 0.3 is 0 Å². The van der Waals surface area contributed by atoms with Gasteiger partial charge in [0, 0.05) is 28.3 Å². The van der Waals surface area contributed by atoms with Crippen molar-refractivity contribution in [2.24, 2.45) is 5.92 Å². The van der Waals surface area contributed by atoms with E-state index in [0.29, 0.717) is 0 Å². The minimum Gasteiger partial charge on any atom is -0.0566 e. The SMILES string of the molecule is Brc1ccc(C23C4=C5C6C7=C4C4(c8ccc(Br)cc8)c8c2c2c9c3c3c%10c%11c(c%12c%13c%14c(c%15c%16c%17c(c4c4c8c8c2c2c%18c9c%10c9c%10c%11c%13c%11c%13c%14c%16c%14c%16c%17c4c4c8c2c2c(c%189)c(c%10%11)c(c%14%13)c2c4%16)C7%15c2ccc(Br)cc2)C%126c2ccc(Br)cc2)C53c2ccc(Br)cc2)cc1. The second kappa shape index (κ2) is 10.9. The molecular weight excluding hydrogens is 1480 g/mol. The first kappa shape index (κ1) is 42.8. The van der Waals surface area contributed by atoms with Gasteiger partial charge in [0.2, 0.25) is 0 Å². The summed E-state index contributed by atoms with van der Waals surface area (Å²) in [5, 5.41) is 64.0. The van der Waals surface area contributed by atoms with Gasteiger partial charge in [-0.15, -0.1) is 0 Å². The average molecular weight is 1500 g/mol. The lowest BCUT2D eigenvalue weighted by Crippen LogP contribution is -2.57. The van der Waals surface area contributed by atoms with Gasteiger partial charge in [-0.05, 0) is 382 Å². The zero-order chi connectivity index (χ0) is 59.2. The van der Waals surface area contributed by atoms with Gasteiger partial charge in [0.1, 0.15) is 0 Å². The summed E-state index contributed by atoms with van der Waals surface area (Å²) in [7, 11) is 0. The molecule has 0 saturated carbocycles. The van der Waals surface area contributed by atoms with Crippen LogP contribution in [0.5, 0.6) is 0 Å². The first-order valence-electron chi connectivity index (χ1n) is 33.9. The summed E-state index contributed by atoms with van der Waals surface area (Å²) < 4.78 is 5.67. The van der Waals surface area contributed by atoms with Crippen molar-refractivity contribution in [3.63, 3.8) is 0 Å². The predicted octanol–water partition coefficient (Wildman–Crippen LogP) is 25.0. The Morgan fingerprint density at radius 2 is 0.326 bits per heavy atom. The van der Waals surface area contributed by atoms with E-state index in [1.165, 1.54) is 27.8 Å². The Morgan fingerprint density at radius 1 is 0.168 bits per heavy atom. The third kappa shape index (κ3) is 2.80. The molecule has 0 aromatic heterocycles. The lowest BCUT2D eigenvalue weighted by atomic mass is 9.40. The van der Waals surface area contributed by atoms with Gasteiger partial charge in [-0.25, -0.2) is 0 Å². The molecular formula is C90H21Br5. The van der Waals surface area contributed by atoms with Crippen molar-refractivity contribution >= 4 is 295 Å². The Labute approximate surface area is 572 Å². The highest BCUT2D eigenvalue weighted by atomic mass is 79.9. The third-order valence-electron chi connectivity index (χ3n) is 31.1. The van der Waals surface area contributed by atoms with E-state index in [1.807, 2.05) is 0 Å². The van der Waals surface area contributed by atoms with Crippen molar-refractivity contribution in [2.45, 2.75) is 27.1 Å². The largest absolute Gasteiger partial charge is 0.0724 e. The van der Waals surface area contributed by atoms with E-state index in [0.717, 1.165) is 22.4 Å². The monoisotopic (exact) mass is 1500 g/mol. The summed E-state index contributed by atoms with van der Waals surface area (Å²) in [6.07, 6.45) is 0. The molecule has 5 heteroatoms. The molecule has 11 aliphatic rings. The van der Waals surface area contributed by atoms with Crippen LogP contribution in [0.1, 0.15) is 83.5 Å². The van der Waals surface area contributed by atoms with Crippen LogP contribution < -0.4 is 0 Å². The van der Waals surface area contributed by atoms with Crippen molar-refractivity contribution in [1.82, 2.24) is 0 Å². The number of hydrogen-bond donors (Lipinski definition) is 0. The van der Waals surface area contributed by atoms with E-state index < -0.39 is 27.1 Å². The van der Waals surface area contributed by atoms with Crippen molar-refractivity contribution in [3.05, 3.63) is 249 Å². The molecule has 0 heterocycles. The zero-order valence-electron chi connectivity index (χ0n) is 48.5. The summed E-state index contributed by atoms with van der Waals surface area (Å²) in [5.41, 5.74) is 26.8. The fourth-order valence-electron chi connectivity index (χ4n) is 30.4. The number of allylic oxidation sites excluding steroid dienone is 4. The van der Waals surface area contributed by atoms with E-state index >= 15 is 0 Å². The van der Waals surface area contributed by atoms with Gasteiger partial charge in [-0.1, -0.05) is 140 Å². The Bertz CT molecular complexity index is 8270. The van der Waals surface area contributed by atoms with Crippen LogP contribution in [0, 0.1) is 5.92 Å². The molecule has 0 spiro atoms. The summed E-state index contributed by atoms with van der Waals surface area (Å²) in [6.45, 7) is 0. The molecule has 0 bridgehead atoms. The maximum absolute atomic E-state index is 4.16. The standard InChI is InChI=1S/C90H21Br5/c91-26-11-1-21(2-12-26)86-71-61-51-41-36-31-32-34-35-33(31)38-45-43(36)53(51)63-65-55(45)57-47(38)49-40(35)50-48-39(34)46-44-37(32)42(41)52-54(44)64-66-56(46)58(48)68-70-60(50)59(49)69-67(57)77-75(65)87(73(63)71,22-3-13-27(92)14-4-22)82-81(86)83-85-84(82)89(77,24-7-17-29(94)18-8-24)79(69)80(70)90(85,25-9-19-30(95)20-10-25)78(68)76(66)88(83,74(64)72(86)62(52)61)23-5-15-28(93)16-6-23/h1-20,81H. The molecule has 416 valence electrons. The average Bonchev–Trinajstić information content (AvgIpc) is 1.37. The quantitative estimate of drug-likeness (QED) is 0.151. The summed E-state index contributed by atoms with van der Waals surface area (Å²) in [5.74, 6) is -0.101. The summed E-state index contributed by atoms with van der Waals surface area (Å²) in [4.78, 5) is 0. The van der Waals surface area contributed by atoms with Crippen LogP contribution in [0.15, 0.2) is 166 Å².